The molecule has 1 aromatic carbocycles. The normalized spacial score (nSPS) is 23.9. The van der Waals surface area contributed by atoms with Crippen LogP contribution in [0.5, 0.6) is 5.75 Å². The van der Waals surface area contributed by atoms with Crippen LogP contribution >= 0.6 is 0 Å². The van der Waals surface area contributed by atoms with Crippen molar-refractivity contribution in [3.05, 3.63) is 24.3 Å². The van der Waals surface area contributed by atoms with Gasteiger partial charge in [0, 0.05) is 17.8 Å². The molecule has 2 saturated carbocycles. The summed E-state index contributed by atoms with van der Waals surface area (Å²) in [6.45, 7) is 2.18. The molecule has 1 amide bonds. The number of carbonyl (C=O) groups is 1. The maximum atomic E-state index is 12.3. The lowest BCUT2D eigenvalue weighted by molar-refractivity contribution is -0.113. The Labute approximate surface area is 162 Å². The first kappa shape index (κ1) is 20.1. The second kappa shape index (κ2) is 9.06. The average molecular weight is 395 g/mol. The van der Waals surface area contributed by atoms with Gasteiger partial charge in [0.15, 0.2) is 0 Å². The number of amides is 1. The number of hydrogen-bond acceptors (Lipinski definition) is 4. The lowest BCUT2D eigenvalue weighted by Crippen LogP contribution is -2.41. The van der Waals surface area contributed by atoms with Crippen molar-refractivity contribution in [2.45, 2.75) is 70.4 Å². The van der Waals surface area contributed by atoms with Crippen LogP contribution in [0, 0.1) is 5.92 Å². The van der Waals surface area contributed by atoms with Gasteiger partial charge in [-0.15, -0.1) is 0 Å². The van der Waals surface area contributed by atoms with Crippen molar-refractivity contribution < 1.29 is 17.9 Å². The minimum atomic E-state index is -3.64. The molecule has 7 heteroatoms. The Kier molecular flexibility index (Phi) is 6.76. The van der Waals surface area contributed by atoms with Gasteiger partial charge in [-0.25, -0.2) is 13.1 Å². The number of sulfonamides is 1. The molecule has 2 fully saturated rings. The Bertz CT molecular complexity index is 736. The number of nitrogens with one attached hydrogen (secondary N) is 2. The fourth-order valence-electron chi connectivity index (χ4n) is 3.89. The Balaban J connectivity index is 1.50. The first-order valence-corrected chi connectivity index (χ1v) is 11.6. The first-order chi connectivity index (χ1) is 12.9. The molecule has 0 atom stereocenters. The highest BCUT2D eigenvalue weighted by Gasteiger charge is 2.25. The standard InChI is InChI=1S/C20H30N2O4S/c1-15-9-11-16(12-10-15)22-27(24,25)14-20(23)21-17-5-4-8-19(13-17)26-18-6-2-3-7-18/h4-5,8,13,15-16,18,22H,2-3,6-7,9-12,14H2,1H3,(H,21,23). The second-order valence-corrected chi connectivity index (χ2v) is 9.69. The lowest BCUT2D eigenvalue weighted by atomic mass is 9.88. The molecule has 0 aromatic heterocycles. The Hall–Kier alpha value is -1.60. The van der Waals surface area contributed by atoms with Crippen molar-refractivity contribution in [1.82, 2.24) is 4.72 Å². The first-order valence-electron chi connectivity index (χ1n) is 9.96. The van der Waals surface area contributed by atoms with Crippen LogP contribution in [-0.4, -0.2) is 32.2 Å². The highest BCUT2D eigenvalue weighted by molar-refractivity contribution is 7.90. The van der Waals surface area contributed by atoms with E-state index < -0.39 is 21.7 Å². The van der Waals surface area contributed by atoms with Crippen molar-refractivity contribution >= 4 is 21.6 Å². The summed E-state index contributed by atoms with van der Waals surface area (Å²) in [5.74, 6) is 0.252. The molecule has 3 rings (SSSR count). The van der Waals surface area contributed by atoms with Crippen molar-refractivity contribution in [1.29, 1.82) is 0 Å². The maximum absolute atomic E-state index is 12.3. The van der Waals surface area contributed by atoms with E-state index >= 15 is 0 Å². The molecule has 27 heavy (non-hydrogen) atoms. The van der Waals surface area contributed by atoms with Gasteiger partial charge < -0.3 is 10.1 Å². The van der Waals surface area contributed by atoms with Gasteiger partial charge >= 0.3 is 0 Å². The van der Waals surface area contributed by atoms with Crippen LogP contribution in [0.25, 0.3) is 0 Å². The van der Waals surface area contributed by atoms with Gasteiger partial charge in [0.1, 0.15) is 11.5 Å². The maximum Gasteiger partial charge on any atom is 0.240 e. The summed E-state index contributed by atoms with van der Waals surface area (Å²) < 4.78 is 33.2. The number of ether oxygens (including phenoxy) is 1. The zero-order valence-electron chi connectivity index (χ0n) is 15.9. The minimum Gasteiger partial charge on any atom is -0.490 e. The molecule has 2 aliphatic rings. The molecule has 150 valence electrons. The van der Waals surface area contributed by atoms with Crippen molar-refractivity contribution in [3.63, 3.8) is 0 Å². The smallest absolute Gasteiger partial charge is 0.240 e. The van der Waals surface area contributed by atoms with Crippen LogP contribution in [0.3, 0.4) is 0 Å². The fourth-order valence-corrected chi connectivity index (χ4v) is 5.13. The second-order valence-electron chi connectivity index (χ2n) is 7.93. The molecule has 6 nitrogen and oxygen atoms in total. The highest BCUT2D eigenvalue weighted by Crippen LogP contribution is 2.26. The molecule has 0 spiro atoms. The molecule has 0 saturated heterocycles. The fraction of sp³-hybridized carbons (Fsp3) is 0.650. The number of carbonyl (C=O) groups excluding carboxylic acids is 1. The van der Waals surface area contributed by atoms with Gasteiger partial charge in [0.25, 0.3) is 0 Å². The van der Waals surface area contributed by atoms with Gasteiger partial charge in [-0.05, 0) is 69.4 Å². The monoisotopic (exact) mass is 394 g/mol. The van der Waals surface area contributed by atoms with Crippen LogP contribution in [-0.2, 0) is 14.8 Å². The van der Waals surface area contributed by atoms with E-state index in [4.69, 9.17) is 4.74 Å². The van der Waals surface area contributed by atoms with Crippen LogP contribution in [0.4, 0.5) is 5.69 Å². The van der Waals surface area contributed by atoms with E-state index in [0.717, 1.165) is 38.5 Å². The van der Waals surface area contributed by atoms with Gasteiger partial charge in [0.05, 0.1) is 6.10 Å². The van der Waals surface area contributed by atoms with E-state index in [-0.39, 0.29) is 12.1 Å². The molecule has 0 aliphatic heterocycles. The third-order valence-corrected chi connectivity index (χ3v) is 6.74. The van der Waals surface area contributed by atoms with E-state index in [0.29, 0.717) is 17.4 Å². The summed E-state index contributed by atoms with van der Waals surface area (Å²) in [6, 6.07) is 7.09. The number of hydrogen-bond donors (Lipinski definition) is 2. The highest BCUT2D eigenvalue weighted by atomic mass is 32.2. The Morgan fingerprint density at radius 1 is 1.11 bits per heavy atom. The Morgan fingerprint density at radius 2 is 1.81 bits per heavy atom. The zero-order chi connectivity index (χ0) is 19.3. The zero-order valence-corrected chi connectivity index (χ0v) is 16.8. The van der Waals surface area contributed by atoms with Crippen LogP contribution in [0.1, 0.15) is 58.3 Å². The molecule has 0 heterocycles. The molecule has 2 aliphatic carbocycles. The third-order valence-electron chi connectivity index (χ3n) is 5.41. The Morgan fingerprint density at radius 3 is 2.52 bits per heavy atom. The van der Waals surface area contributed by atoms with Crippen LogP contribution in [0.15, 0.2) is 24.3 Å². The SMILES string of the molecule is CC1CCC(NS(=O)(=O)CC(=O)Nc2cccc(OC3CCCC3)c2)CC1. The van der Waals surface area contributed by atoms with E-state index in [9.17, 15) is 13.2 Å². The van der Waals surface area contributed by atoms with Gasteiger partial charge in [-0.3, -0.25) is 4.79 Å². The number of rotatable bonds is 7. The van der Waals surface area contributed by atoms with Crippen molar-refractivity contribution in [3.8, 4) is 5.75 Å². The van der Waals surface area contributed by atoms with Gasteiger partial charge in [-0.1, -0.05) is 13.0 Å². The van der Waals surface area contributed by atoms with Gasteiger partial charge in [-0.2, -0.15) is 0 Å². The van der Waals surface area contributed by atoms with E-state index in [1.165, 1.54) is 12.8 Å². The summed E-state index contributed by atoms with van der Waals surface area (Å²) in [5.41, 5.74) is 0.553. The molecule has 0 unspecified atom stereocenters. The molecular weight excluding hydrogens is 364 g/mol. The lowest BCUT2D eigenvalue weighted by Gasteiger charge is -2.26. The van der Waals surface area contributed by atoms with Crippen LogP contribution in [0.2, 0.25) is 0 Å². The predicted octanol–water partition coefficient (Wildman–Crippen LogP) is 3.44. The molecule has 0 bridgehead atoms. The van der Waals surface area contributed by atoms with E-state index in [1.807, 2.05) is 6.07 Å². The topological polar surface area (TPSA) is 84.5 Å². The molecule has 2 N–H and O–H groups in total. The quantitative estimate of drug-likeness (QED) is 0.742. The molecular formula is C20H30N2O4S. The van der Waals surface area contributed by atoms with Crippen LogP contribution < -0.4 is 14.8 Å². The minimum absolute atomic E-state index is 0.0536. The largest absolute Gasteiger partial charge is 0.490 e. The predicted molar refractivity (Wildman–Crippen MR) is 106 cm³/mol. The van der Waals surface area contributed by atoms with Crippen molar-refractivity contribution in [2.24, 2.45) is 5.92 Å². The summed E-state index contributed by atoms with van der Waals surface area (Å²) in [5, 5.41) is 2.67. The van der Waals surface area contributed by atoms with Crippen molar-refractivity contribution in [2.75, 3.05) is 11.1 Å². The number of benzene rings is 1. The van der Waals surface area contributed by atoms with E-state index in [1.54, 1.807) is 18.2 Å². The summed E-state index contributed by atoms with van der Waals surface area (Å²) in [7, 11) is -3.64. The average Bonchev–Trinajstić information content (AvgIpc) is 3.09. The summed E-state index contributed by atoms with van der Waals surface area (Å²) in [6.07, 6.45) is 8.43. The molecule has 1 aromatic rings. The summed E-state index contributed by atoms with van der Waals surface area (Å²) in [4.78, 5) is 12.2. The molecule has 0 radical (unpaired) electrons. The summed E-state index contributed by atoms with van der Waals surface area (Å²) >= 11 is 0. The van der Waals surface area contributed by atoms with Gasteiger partial charge in [0.2, 0.25) is 15.9 Å². The third kappa shape index (κ3) is 6.50. The van der Waals surface area contributed by atoms with E-state index in [2.05, 4.69) is 17.0 Å². The number of anilines is 1.